The first-order valence-corrected chi connectivity index (χ1v) is 16.7. The molecule has 5 aromatic carbocycles. The highest BCUT2D eigenvalue weighted by atomic mass is 79.9. The second kappa shape index (κ2) is 11.7. The zero-order chi connectivity index (χ0) is 28.6. The van der Waals surface area contributed by atoms with Crippen molar-refractivity contribution in [3.8, 4) is 16.8 Å². The molecule has 7 rings (SSSR count). The maximum Gasteiger partial charge on any atom is 0.0541 e. The van der Waals surface area contributed by atoms with Gasteiger partial charge in [-0.25, -0.2) is 0 Å². The third kappa shape index (κ3) is 4.99. The zero-order valence-corrected chi connectivity index (χ0v) is 27.1. The van der Waals surface area contributed by atoms with Crippen LogP contribution in [0, 0.1) is 0 Å². The van der Waals surface area contributed by atoms with Crippen LogP contribution in [0.15, 0.2) is 112 Å². The number of halogens is 2. The first-order chi connectivity index (χ1) is 20.6. The fourth-order valence-electron chi connectivity index (χ4n) is 6.58. The molecule has 0 atom stereocenters. The minimum absolute atomic E-state index is 1.06. The van der Waals surface area contributed by atoms with Crippen LogP contribution in [0.3, 0.4) is 0 Å². The number of rotatable bonds is 9. The monoisotopic (exact) mass is 676 g/mol. The Hall–Kier alpha value is -3.34. The van der Waals surface area contributed by atoms with Gasteiger partial charge in [-0.2, -0.15) is 0 Å². The molecule has 42 heavy (non-hydrogen) atoms. The summed E-state index contributed by atoms with van der Waals surface area (Å²) in [5, 5.41) is 5.16. The van der Waals surface area contributed by atoms with E-state index in [-0.39, 0.29) is 0 Å². The summed E-state index contributed by atoms with van der Waals surface area (Å²) in [6.45, 7) is 3.34. The largest absolute Gasteiger partial charge is 0.340 e. The topological polar surface area (TPSA) is 9.86 Å². The Morgan fingerprint density at radius 3 is 1.67 bits per heavy atom. The minimum Gasteiger partial charge on any atom is -0.340 e. The Bertz CT molecular complexity index is 2050. The van der Waals surface area contributed by atoms with Crippen molar-refractivity contribution in [1.82, 2.24) is 9.13 Å². The van der Waals surface area contributed by atoms with E-state index in [4.69, 9.17) is 0 Å². The van der Waals surface area contributed by atoms with Crippen molar-refractivity contribution in [3.05, 3.63) is 112 Å². The molecule has 0 aliphatic rings. The van der Waals surface area contributed by atoms with Gasteiger partial charge in [0.05, 0.1) is 11.0 Å². The van der Waals surface area contributed by atoms with E-state index in [1.807, 2.05) is 0 Å². The van der Waals surface area contributed by atoms with E-state index in [2.05, 4.69) is 151 Å². The zero-order valence-electron chi connectivity index (χ0n) is 23.9. The number of hydrogen-bond acceptors (Lipinski definition) is 0. The predicted octanol–water partition coefficient (Wildman–Crippen LogP) is 12.4. The lowest BCUT2D eigenvalue weighted by Gasteiger charge is -2.09. The molecule has 0 saturated carbocycles. The molecule has 0 aliphatic carbocycles. The fourth-order valence-corrected chi connectivity index (χ4v) is 7.30. The first kappa shape index (κ1) is 27.5. The molecule has 2 nitrogen and oxygen atoms in total. The number of aromatic nitrogens is 2. The quantitative estimate of drug-likeness (QED) is 0.135. The molecular weight excluding hydrogens is 644 g/mol. The van der Waals surface area contributed by atoms with Crippen molar-refractivity contribution in [2.75, 3.05) is 0 Å². The molecule has 4 heteroatoms. The Labute approximate surface area is 264 Å². The SMILES string of the molecule is CCCCCCCCn1c2ccc(Br)cc2c2cc(-c3ccc4c(c3)c3cc(Br)ccc3n4-c3ccccc3)ccc21. The van der Waals surface area contributed by atoms with Gasteiger partial charge in [0.15, 0.2) is 0 Å². The maximum absolute atomic E-state index is 3.74. The van der Waals surface area contributed by atoms with E-state index in [0.717, 1.165) is 15.5 Å². The van der Waals surface area contributed by atoms with Crippen LogP contribution in [-0.2, 0) is 6.54 Å². The number of benzene rings is 5. The van der Waals surface area contributed by atoms with Gasteiger partial charge in [0, 0.05) is 53.8 Å². The molecule has 7 aromatic rings. The van der Waals surface area contributed by atoms with Crippen LogP contribution in [0.25, 0.3) is 60.4 Å². The maximum atomic E-state index is 3.74. The van der Waals surface area contributed by atoms with Crippen LogP contribution in [0.1, 0.15) is 45.4 Å². The summed E-state index contributed by atoms with van der Waals surface area (Å²) in [5.74, 6) is 0. The molecule has 0 fully saturated rings. The molecule has 2 aromatic heterocycles. The van der Waals surface area contributed by atoms with Gasteiger partial charge in [0.25, 0.3) is 0 Å². The summed E-state index contributed by atoms with van der Waals surface area (Å²) >= 11 is 7.46. The third-order valence-electron chi connectivity index (χ3n) is 8.64. The van der Waals surface area contributed by atoms with Crippen LogP contribution in [-0.4, -0.2) is 9.13 Å². The van der Waals surface area contributed by atoms with Crippen molar-refractivity contribution in [2.24, 2.45) is 0 Å². The average Bonchev–Trinajstić information content (AvgIpc) is 3.50. The standard InChI is InChI=1S/C38H34Br2N2/c1-2-3-4-5-6-10-21-41-35-17-13-26(22-31(35)33-24-28(39)15-19-36(33)41)27-14-18-37-32(23-27)34-25-29(40)16-20-38(34)42(37)30-11-8-7-9-12-30/h7-9,11-20,22-25H,2-6,10,21H2,1H3. The highest BCUT2D eigenvalue weighted by Crippen LogP contribution is 2.38. The lowest BCUT2D eigenvalue weighted by molar-refractivity contribution is 0.571. The van der Waals surface area contributed by atoms with Crippen LogP contribution in [0.2, 0.25) is 0 Å². The van der Waals surface area contributed by atoms with Gasteiger partial charge in [-0.15, -0.1) is 0 Å². The number of aryl methyl sites for hydroxylation is 1. The lowest BCUT2D eigenvalue weighted by Crippen LogP contribution is -1.97. The average molecular weight is 679 g/mol. The Morgan fingerprint density at radius 1 is 0.500 bits per heavy atom. The smallest absolute Gasteiger partial charge is 0.0541 e. The molecule has 0 bridgehead atoms. The van der Waals surface area contributed by atoms with Crippen LogP contribution >= 0.6 is 31.9 Å². The summed E-state index contributed by atoms with van der Waals surface area (Å²) in [6.07, 6.45) is 7.85. The van der Waals surface area contributed by atoms with Crippen molar-refractivity contribution in [2.45, 2.75) is 52.0 Å². The second-order valence-electron chi connectivity index (χ2n) is 11.4. The number of hydrogen-bond donors (Lipinski definition) is 0. The van der Waals surface area contributed by atoms with E-state index in [1.165, 1.54) is 99.0 Å². The molecule has 0 aliphatic heterocycles. The summed E-state index contributed by atoms with van der Waals surface area (Å²) in [7, 11) is 0. The van der Waals surface area contributed by atoms with Gasteiger partial charge in [-0.3, -0.25) is 0 Å². The molecule has 0 N–H and O–H groups in total. The minimum atomic E-state index is 1.06. The number of para-hydroxylation sites is 1. The van der Waals surface area contributed by atoms with Crippen molar-refractivity contribution < 1.29 is 0 Å². The van der Waals surface area contributed by atoms with E-state index in [0.29, 0.717) is 0 Å². The predicted molar refractivity (Wildman–Crippen MR) is 188 cm³/mol. The second-order valence-corrected chi connectivity index (χ2v) is 13.2. The molecular formula is C38H34Br2N2. The molecule has 0 amide bonds. The fraction of sp³-hybridized carbons (Fsp3) is 0.211. The number of unbranched alkanes of at least 4 members (excludes halogenated alkanes) is 5. The van der Waals surface area contributed by atoms with Gasteiger partial charge >= 0.3 is 0 Å². The van der Waals surface area contributed by atoms with Crippen molar-refractivity contribution in [3.63, 3.8) is 0 Å². The normalized spacial score (nSPS) is 11.9. The third-order valence-corrected chi connectivity index (χ3v) is 9.62. The number of fused-ring (bicyclic) bond motifs is 6. The van der Waals surface area contributed by atoms with Gasteiger partial charge < -0.3 is 9.13 Å². The van der Waals surface area contributed by atoms with Crippen LogP contribution in [0.4, 0.5) is 0 Å². The van der Waals surface area contributed by atoms with E-state index in [1.54, 1.807) is 0 Å². The molecule has 2 heterocycles. The van der Waals surface area contributed by atoms with Gasteiger partial charge in [0.2, 0.25) is 0 Å². The lowest BCUT2D eigenvalue weighted by atomic mass is 10.0. The molecule has 210 valence electrons. The summed E-state index contributed by atoms with van der Waals surface area (Å²) in [5.41, 5.74) is 8.75. The first-order valence-electron chi connectivity index (χ1n) is 15.1. The Balaban J connectivity index is 1.33. The van der Waals surface area contributed by atoms with E-state index in [9.17, 15) is 0 Å². The summed E-state index contributed by atoms with van der Waals surface area (Å²) in [6, 6.07) is 38.0. The Kier molecular flexibility index (Phi) is 7.68. The molecule has 0 unspecified atom stereocenters. The summed E-state index contributed by atoms with van der Waals surface area (Å²) < 4.78 is 7.13. The van der Waals surface area contributed by atoms with Crippen LogP contribution < -0.4 is 0 Å². The molecule has 0 spiro atoms. The summed E-state index contributed by atoms with van der Waals surface area (Å²) in [4.78, 5) is 0. The van der Waals surface area contributed by atoms with Gasteiger partial charge in [-0.05, 0) is 90.3 Å². The van der Waals surface area contributed by atoms with Crippen LogP contribution in [0.5, 0.6) is 0 Å². The molecule has 0 saturated heterocycles. The van der Waals surface area contributed by atoms with Crippen molar-refractivity contribution in [1.29, 1.82) is 0 Å². The highest BCUT2D eigenvalue weighted by molar-refractivity contribution is 9.10. The number of nitrogens with zero attached hydrogens (tertiary/aromatic N) is 2. The van der Waals surface area contributed by atoms with Gasteiger partial charge in [-0.1, -0.05) is 101 Å². The van der Waals surface area contributed by atoms with E-state index >= 15 is 0 Å². The molecule has 0 radical (unpaired) electrons. The highest BCUT2D eigenvalue weighted by Gasteiger charge is 2.16. The van der Waals surface area contributed by atoms with E-state index < -0.39 is 0 Å². The van der Waals surface area contributed by atoms with Crippen molar-refractivity contribution >= 4 is 75.5 Å². The van der Waals surface area contributed by atoms with Gasteiger partial charge in [0.1, 0.15) is 0 Å². The Morgan fingerprint density at radius 2 is 1.00 bits per heavy atom.